The SMILES string of the molecule is OC1CC(NCCCCc2ccccc2)CCc2ccccc21. The van der Waals surface area contributed by atoms with Crippen molar-refractivity contribution in [2.45, 2.75) is 50.7 Å². The minimum absolute atomic E-state index is 0.324. The monoisotopic (exact) mass is 309 g/mol. The zero-order chi connectivity index (χ0) is 15.9. The van der Waals surface area contributed by atoms with Gasteiger partial charge in [-0.2, -0.15) is 0 Å². The lowest BCUT2D eigenvalue weighted by Gasteiger charge is -2.18. The van der Waals surface area contributed by atoms with Gasteiger partial charge in [0.15, 0.2) is 0 Å². The highest BCUT2D eigenvalue weighted by Gasteiger charge is 2.22. The summed E-state index contributed by atoms with van der Waals surface area (Å²) in [4.78, 5) is 0. The molecule has 1 aliphatic carbocycles. The third-order valence-electron chi connectivity index (χ3n) is 4.85. The molecule has 0 bridgehead atoms. The number of aliphatic hydroxyl groups excluding tert-OH is 1. The summed E-state index contributed by atoms with van der Waals surface area (Å²) in [6, 6.07) is 19.4. The normalized spacial score (nSPS) is 20.7. The molecular formula is C21H27NO. The van der Waals surface area contributed by atoms with Crippen LogP contribution < -0.4 is 5.32 Å². The molecule has 23 heavy (non-hydrogen) atoms. The topological polar surface area (TPSA) is 32.3 Å². The Bertz CT molecular complexity index is 596. The molecule has 0 saturated carbocycles. The van der Waals surface area contributed by atoms with Gasteiger partial charge in [0.25, 0.3) is 0 Å². The Morgan fingerprint density at radius 3 is 2.61 bits per heavy atom. The van der Waals surface area contributed by atoms with E-state index in [0.717, 1.165) is 37.8 Å². The first kappa shape index (κ1) is 16.2. The van der Waals surface area contributed by atoms with Gasteiger partial charge < -0.3 is 10.4 Å². The van der Waals surface area contributed by atoms with Crippen molar-refractivity contribution in [2.24, 2.45) is 0 Å². The number of rotatable bonds is 6. The molecule has 0 saturated heterocycles. The second kappa shape index (κ2) is 8.28. The smallest absolute Gasteiger partial charge is 0.0807 e. The Morgan fingerprint density at radius 1 is 0.957 bits per heavy atom. The van der Waals surface area contributed by atoms with E-state index in [-0.39, 0.29) is 6.10 Å². The fourth-order valence-electron chi connectivity index (χ4n) is 3.52. The molecule has 1 aliphatic rings. The van der Waals surface area contributed by atoms with Gasteiger partial charge in [0, 0.05) is 6.04 Å². The minimum Gasteiger partial charge on any atom is -0.388 e. The molecule has 0 aliphatic heterocycles. The van der Waals surface area contributed by atoms with Gasteiger partial charge in [0.2, 0.25) is 0 Å². The fourth-order valence-corrected chi connectivity index (χ4v) is 3.52. The van der Waals surface area contributed by atoms with E-state index in [1.54, 1.807) is 0 Å². The Hall–Kier alpha value is -1.64. The van der Waals surface area contributed by atoms with Crippen LogP contribution in [0.2, 0.25) is 0 Å². The lowest BCUT2D eigenvalue weighted by molar-refractivity contribution is 0.153. The third-order valence-corrected chi connectivity index (χ3v) is 4.85. The highest BCUT2D eigenvalue weighted by molar-refractivity contribution is 5.30. The van der Waals surface area contributed by atoms with Gasteiger partial charge in [-0.15, -0.1) is 0 Å². The van der Waals surface area contributed by atoms with Crippen molar-refractivity contribution in [2.75, 3.05) is 6.54 Å². The molecule has 0 heterocycles. The van der Waals surface area contributed by atoms with Crippen LogP contribution in [-0.4, -0.2) is 17.7 Å². The van der Waals surface area contributed by atoms with Crippen molar-refractivity contribution in [1.82, 2.24) is 5.32 Å². The standard InChI is InChI=1S/C21H27NO/c23-21-16-19(14-13-18-11-4-5-12-20(18)21)22-15-7-6-10-17-8-2-1-3-9-17/h1-5,8-9,11-12,19,21-23H,6-7,10,13-16H2. The number of fused-ring (bicyclic) bond motifs is 1. The maximum atomic E-state index is 10.4. The number of aliphatic hydroxyl groups is 1. The summed E-state index contributed by atoms with van der Waals surface area (Å²) in [6.07, 6.45) is 6.25. The Balaban J connectivity index is 1.40. The summed E-state index contributed by atoms with van der Waals surface area (Å²) < 4.78 is 0. The number of unbranched alkanes of at least 4 members (excludes halogenated alkanes) is 1. The number of nitrogens with one attached hydrogen (secondary N) is 1. The molecule has 2 aromatic carbocycles. The second-order valence-corrected chi connectivity index (χ2v) is 6.58. The molecule has 0 amide bonds. The van der Waals surface area contributed by atoms with E-state index in [1.165, 1.54) is 24.0 Å². The average molecular weight is 309 g/mol. The quantitative estimate of drug-likeness (QED) is 0.623. The first-order chi connectivity index (χ1) is 11.3. The first-order valence-electron chi connectivity index (χ1n) is 8.86. The molecule has 0 aromatic heterocycles. The van der Waals surface area contributed by atoms with E-state index in [9.17, 15) is 5.11 Å². The fraction of sp³-hybridized carbons (Fsp3) is 0.429. The van der Waals surface area contributed by atoms with Gasteiger partial charge in [0.05, 0.1) is 6.10 Å². The van der Waals surface area contributed by atoms with Crippen LogP contribution in [-0.2, 0) is 12.8 Å². The van der Waals surface area contributed by atoms with Crippen LogP contribution in [0.25, 0.3) is 0 Å². The van der Waals surface area contributed by atoms with Gasteiger partial charge in [-0.1, -0.05) is 54.6 Å². The van der Waals surface area contributed by atoms with Gasteiger partial charge in [0.1, 0.15) is 0 Å². The molecule has 0 fully saturated rings. The third kappa shape index (κ3) is 4.66. The highest BCUT2D eigenvalue weighted by atomic mass is 16.3. The van der Waals surface area contributed by atoms with Crippen LogP contribution in [0.4, 0.5) is 0 Å². The summed E-state index contributed by atoms with van der Waals surface area (Å²) >= 11 is 0. The second-order valence-electron chi connectivity index (χ2n) is 6.58. The summed E-state index contributed by atoms with van der Waals surface area (Å²) in [7, 11) is 0. The summed E-state index contributed by atoms with van der Waals surface area (Å²) in [5.74, 6) is 0. The van der Waals surface area contributed by atoms with Crippen molar-refractivity contribution in [3.8, 4) is 0 Å². The Labute approximate surface area is 139 Å². The zero-order valence-electron chi connectivity index (χ0n) is 13.7. The zero-order valence-corrected chi connectivity index (χ0v) is 13.7. The van der Waals surface area contributed by atoms with Crippen LogP contribution in [0.5, 0.6) is 0 Å². The van der Waals surface area contributed by atoms with Gasteiger partial charge >= 0.3 is 0 Å². The van der Waals surface area contributed by atoms with Gasteiger partial charge in [-0.25, -0.2) is 0 Å². The lowest BCUT2D eigenvalue weighted by atomic mass is 10.0. The molecule has 122 valence electrons. The average Bonchev–Trinajstić information content (AvgIpc) is 2.75. The predicted molar refractivity (Wildman–Crippen MR) is 95.5 cm³/mol. The summed E-state index contributed by atoms with van der Waals surface area (Å²) in [5, 5.41) is 14.1. The molecule has 0 spiro atoms. The highest BCUT2D eigenvalue weighted by Crippen LogP contribution is 2.28. The van der Waals surface area contributed by atoms with Crippen molar-refractivity contribution in [3.05, 3.63) is 71.3 Å². The molecule has 2 unspecified atom stereocenters. The van der Waals surface area contributed by atoms with E-state index in [0.29, 0.717) is 6.04 Å². The van der Waals surface area contributed by atoms with Crippen molar-refractivity contribution < 1.29 is 5.11 Å². The maximum Gasteiger partial charge on any atom is 0.0807 e. The predicted octanol–water partition coefficient (Wildman–Crippen LogP) is 4.04. The number of aryl methyl sites for hydroxylation is 2. The molecule has 2 aromatic rings. The molecule has 3 rings (SSSR count). The van der Waals surface area contributed by atoms with E-state index in [4.69, 9.17) is 0 Å². The minimum atomic E-state index is -0.324. The number of benzene rings is 2. The van der Waals surface area contributed by atoms with Gasteiger partial charge in [-0.05, 0) is 61.8 Å². The van der Waals surface area contributed by atoms with Crippen molar-refractivity contribution in [3.63, 3.8) is 0 Å². The van der Waals surface area contributed by atoms with E-state index < -0.39 is 0 Å². The Morgan fingerprint density at radius 2 is 1.74 bits per heavy atom. The van der Waals surface area contributed by atoms with E-state index in [1.807, 2.05) is 6.07 Å². The molecule has 2 N–H and O–H groups in total. The van der Waals surface area contributed by atoms with Crippen molar-refractivity contribution >= 4 is 0 Å². The first-order valence-corrected chi connectivity index (χ1v) is 8.86. The molecule has 2 heteroatoms. The Kier molecular flexibility index (Phi) is 5.84. The number of hydrogen-bond donors (Lipinski definition) is 2. The van der Waals surface area contributed by atoms with Crippen LogP contribution >= 0.6 is 0 Å². The molecule has 2 atom stereocenters. The van der Waals surface area contributed by atoms with Crippen LogP contribution in [0, 0.1) is 0 Å². The summed E-state index contributed by atoms with van der Waals surface area (Å²) in [6.45, 7) is 1.04. The molecule has 2 nitrogen and oxygen atoms in total. The van der Waals surface area contributed by atoms with Crippen molar-refractivity contribution in [1.29, 1.82) is 0 Å². The molecule has 0 radical (unpaired) electrons. The van der Waals surface area contributed by atoms with E-state index in [2.05, 4.69) is 53.8 Å². The van der Waals surface area contributed by atoms with E-state index >= 15 is 0 Å². The van der Waals surface area contributed by atoms with Crippen LogP contribution in [0.1, 0.15) is 48.5 Å². The summed E-state index contributed by atoms with van der Waals surface area (Å²) in [5.41, 5.74) is 3.86. The lowest BCUT2D eigenvalue weighted by Crippen LogP contribution is -2.31. The maximum absolute atomic E-state index is 10.4. The molecular weight excluding hydrogens is 282 g/mol. The van der Waals surface area contributed by atoms with Crippen LogP contribution in [0.3, 0.4) is 0 Å². The van der Waals surface area contributed by atoms with Crippen LogP contribution in [0.15, 0.2) is 54.6 Å². The largest absolute Gasteiger partial charge is 0.388 e. The van der Waals surface area contributed by atoms with Gasteiger partial charge in [-0.3, -0.25) is 0 Å². The number of hydrogen-bond acceptors (Lipinski definition) is 2.